The highest BCUT2D eigenvalue weighted by molar-refractivity contribution is 7.71. The van der Waals surface area contributed by atoms with Gasteiger partial charge in [0, 0.05) is 33.2 Å². The van der Waals surface area contributed by atoms with Crippen LogP contribution in [0.4, 0.5) is 5.69 Å². The molecule has 0 N–H and O–H groups in total. The molecule has 0 amide bonds. The van der Waals surface area contributed by atoms with Crippen LogP contribution in [0.1, 0.15) is 0 Å². The summed E-state index contributed by atoms with van der Waals surface area (Å²) in [5, 5.41) is 8.81. The van der Waals surface area contributed by atoms with Gasteiger partial charge in [0.25, 0.3) is 5.56 Å². The summed E-state index contributed by atoms with van der Waals surface area (Å²) in [5.41, 5.74) is 1.05. The van der Waals surface area contributed by atoms with Crippen molar-refractivity contribution in [1.82, 2.24) is 29.0 Å². The van der Waals surface area contributed by atoms with Crippen molar-refractivity contribution in [3.05, 3.63) is 63.0 Å². The largest absolute Gasteiger partial charge is 0.366 e. The lowest BCUT2D eigenvalue weighted by Gasteiger charge is -2.35. The molecule has 1 aliphatic rings. The first-order valence-corrected chi connectivity index (χ1v) is 9.72. The van der Waals surface area contributed by atoms with E-state index >= 15 is 0 Å². The van der Waals surface area contributed by atoms with Crippen LogP contribution in [0.2, 0.25) is 5.02 Å². The Kier molecular flexibility index (Phi) is 5.29. The van der Waals surface area contributed by atoms with Crippen molar-refractivity contribution in [2.75, 3.05) is 31.1 Å². The topological polar surface area (TPSA) is 64.1 Å². The summed E-state index contributed by atoms with van der Waals surface area (Å²) >= 11 is 11.8. The number of benzene rings is 1. The number of anilines is 1. The van der Waals surface area contributed by atoms with Gasteiger partial charge >= 0.3 is 0 Å². The van der Waals surface area contributed by atoms with Crippen LogP contribution < -0.4 is 10.5 Å². The van der Waals surface area contributed by atoms with Crippen LogP contribution in [-0.2, 0) is 13.7 Å². The maximum Gasteiger partial charge on any atom is 0.292 e. The molecule has 2 aromatic heterocycles. The molecule has 0 aliphatic carbocycles. The molecular formula is C18H20ClN7OS. The van der Waals surface area contributed by atoms with Gasteiger partial charge in [-0.05, 0) is 24.4 Å². The smallest absolute Gasteiger partial charge is 0.292 e. The first kappa shape index (κ1) is 18.9. The standard InChI is InChI=1S/C18H20ClN7OS/c1-22-12-21-25(18(22)28)13-23-7-9-24(10-8-23)15-11-20-26(17(27)16(15)19)14-5-3-2-4-6-14/h2-6,11-12H,7-10,13H2,1H3. The SMILES string of the molecule is Cn1cnn(CN2CCN(c3cnn(-c4ccccc4)c(=O)c3Cl)CC2)c1=S. The molecule has 1 saturated heterocycles. The lowest BCUT2D eigenvalue weighted by molar-refractivity contribution is 0.194. The number of nitrogens with zero attached hydrogens (tertiary/aromatic N) is 7. The summed E-state index contributed by atoms with van der Waals surface area (Å²) in [6, 6.07) is 9.26. The second-order valence-electron chi connectivity index (χ2n) is 6.67. The molecule has 0 saturated carbocycles. The third-order valence-electron chi connectivity index (χ3n) is 4.83. The van der Waals surface area contributed by atoms with Crippen molar-refractivity contribution in [3.63, 3.8) is 0 Å². The maximum atomic E-state index is 12.7. The summed E-state index contributed by atoms with van der Waals surface area (Å²) in [6.45, 7) is 3.77. The van der Waals surface area contributed by atoms with E-state index in [9.17, 15) is 4.79 Å². The van der Waals surface area contributed by atoms with Crippen molar-refractivity contribution in [1.29, 1.82) is 0 Å². The van der Waals surface area contributed by atoms with E-state index in [1.54, 1.807) is 17.2 Å². The van der Waals surface area contributed by atoms with Crippen molar-refractivity contribution in [2.24, 2.45) is 7.05 Å². The molecule has 0 unspecified atom stereocenters. The molecule has 4 rings (SSSR count). The first-order valence-electron chi connectivity index (χ1n) is 8.93. The van der Waals surface area contributed by atoms with Gasteiger partial charge in [0.2, 0.25) is 0 Å². The van der Waals surface area contributed by atoms with E-state index in [0.717, 1.165) is 26.2 Å². The van der Waals surface area contributed by atoms with E-state index in [1.165, 1.54) is 4.68 Å². The number of para-hydroxylation sites is 1. The molecule has 3 aromatic rings. The Morgan fingerprint density at radius 3 is 2.46 bits per heavy atom. The number of piperazine rings is 1. The van der Waals surface area contributed by atoms with E-state index in [4.69, 9.17) is 23.8 Å². The monoisotopic (exact) mass is 417 g/mol. The van der Waals surface area contributed by atoms with E-state index in [2.05, 4.69) is 20.0 Å². The number of aryl methyl sites for hydroxylation is 1. The summed E-state index contributed by atoms with van der Waals surface area (Å²) in [6.07, 6.45) is 3.38. The van der Waals surface area contributed by atoms with Crippen molar-refractivity contribution in [3.8, 4) is 5.69 Å². The zero-order valence-corrected chi connectivity index (χ0v) is 17.0. The lowest BCUT2D eigenvalue weighted by Crippen LogP contribution is -2.47. The fraction of sp³-hybridized carbons (Fsp3) is 0.333. The minimum absolute atomic E-state index is 0.194. The van der Waals surface area contributed by atoms with E-state index in [-0.39, 0.29) is 10.6 Å². The van der Waals surface area contributed by atoms with Gasteiger partial charge in [-0.2, -0.15) is 14.9 Å². The number of aromatic nitrogens is 5. The molecular weight excluding hydrogens is 398 g/mol. The number of rotatable bonds is 4. The molecule has 3 heterocycles. The molecule has 1 fully saturated rings. The zero-order valence-electron chi connectivity index (χ0n) is 15.4. The molecule has 0 radical (unpaired) electrons. The van der Waals surface area contributed by atoms with Crippen molar-refractivity contribution in [2.45, 2.75) is 6.67 Å². The molecule has 28 heavy (non-hydrogen) atoms. The third kappa shape index (κ3) is 3.60. The van der Waals surface area contributed by atoms with Gasteiger partial charge in [-0.1, -0.05) is 29.8 Å². The van der Waals surface area contributed by atoms with Crippen LogP contribution in [0.3, 0.4) is 0 Å². The highest BCUT2D eigenvalue weighted by Crippen LogP contribution is 2.23. The Morgan fingerprint density at radius 1 is 1.11 bits per heavy atom. The average molecular weight is 418 g/mol. The molecule has 0 bridgehead atoms. The normalized spacial score (nSPS) is 15.1. The predicted molar refractivity (Wildman–Crippen MR) is 111 cm³/mol. The predicted octanol–water partition coefficient (Wildman–Crippen LogP) is 1.93. The van der Waals surface area contributed by atoms with Crippen LogP contribution in [0, 0.1) is 4.77 Å². The van der Waals surface area contributed by atoms with Gasteiger partial charge in [-0.25, -0.2) is 4.68 Å². The fourth-order valence-electron chi connectivity index (χ4n) is 3.23. The highest BCUT2D eigenvalue weighted by atomic mass is 35.5. The van der Waals surface area contributed by atoms with Crippen LogP contribution in [0.5, 0.6) is 0 Å². The lowest BCUT2D eigenvalue weighted by atomic mass is 10.3. The quantitative estimate of drug-likeness (QED) is 0.604. The molecule has 8 nitrogen and oxygen atoms in total. The number of hydrogen-bond donors (Lipinski definition) is 0. The molecule has 10 heteroatoms. The summed E-state index contributed by atoms with van der Waals surface area (Å²) in [5.74, 6) is 0. The van der Waals surface area contributed by atoms with Gasteiger partial charge in [0.1, 0.15) is 11.3 Å². The van der Waals surface area contributed by atoms with Gasteiger partial charge in [-0.15, -0.1) is 0 Å². The van der Waals surface area contributed by atoms with Gasteiger partial charge < -0.3 is 9.47 Å². The molecule has 0 atom stereocenters. The Labute approximate surface area is 172 Å². The molecule has 0 spiro atoms. The average Bonchev–Trinajstić information content (AvgIpc) is 3.03. The van der Waals surface area contributed by atoms with E-state index < -0.39 is 0 Å². The Balaban J connectivity index is 1.47. The van der Waals surface area contributed by atoms with Crippen molar-refractivity contribution >= 4 is 29.5 Å². The molecule has 146 valence electrons. The first-order chi connectivity index (χ1) is 13.5. The van der Waals surface area contributed by atoms with Crippen LogP contribution in [0.15, 0.2) is 47.7 Å². The summed E-state index contributed by atoms with van der Waals surface area (Å²) in [7, 11) is 1.89. The molecule has 1 aliphatic heterocycles. The second kappa shape index (κ2) is 7.86. The number of hydrogen-bond acceptors (Lipinski definition) is 6. The zero-order chi connectivity index (χ0) is 19.7. The number of halogens is 1. The Hall–Kier alpha value is -2.49. The van der Waals surface area contributed by atoms with Gasteiger partial charge in [0.15, 0.2) is 4.77 Å². The maximum absolute atomic E-state index is 12.7. The van der Waals surface area contributed by atoms with Crippen LogP contribution in [-0.4, -0.2) is 55.2 Å². The highest BCUT2D eigenvalue weighted by Gasteiger charge is 2.22. The Morgan fingerprint density at radius 2 is 1.82 bits per heavy atom. The van der Waals surface area contributed by atoms with Crippen LogP contribution >= 0.6 is 23.8 Å². The molecule has 1 aromatic carbocycles. The van der Waals surface area contributed by atoms with E-state index in [1.807, 2.05) is 41.9 Å². The van der Waals surface area contributed by atoms with E-state index in [0.29, 0.717) is 22.8 Å². The fourth-order valence-corrected chi connectivity index (χ4v) is 3.64. The third-order valence-corrected chi connectivity index (χ3v) is 5.69. The van der Waals surface area contributed by atoms with Crippen LogP contribution in [0.25, 0.3) is 5.69 Å². The minimum atomic E-state index is -0.312. The second-order valence-corrected chi connectivity index (χ2v) is 7.41. The van der Waals surface area contributed by atoms with Crippen molar-refractivity contribution < 1.29 is 0 Å². The summed E-state index contributed by atoms with van der Waals surface area (Å²) < 4.78 is 5.64. The Bertz CT molecular complexity index is 1080. The van der Waals surface area contributed by atoms with Gasteiger partial charge in [0.05, 0.1) is 24.2 Å². The summed E-state index contributed by atoms with van der Waals surface area (Å²) in [4.78, 5) is 17.1. The van der Waals surface area contributed by atoms with Gasteiger partial charge in [-0.3, -0.25) is 9.69 Å². The minimum Gasteiger partial charge on any atom is -0.366 e.